The van der Waals surface area contributed by atoms with E-state index in [0.717, 1.165) is 28.0 Å². The number of hydrogen-bond acceptors (Lipinski definition) is 2. The molecule has 0 radical (unpaired) electrons. The molecule has 1 aromatic heterocycles. The van der Waals surface area contributed by atoms with E-state index < -0.39 is 0 Å². The van der Waals surface area contributed by atoms with Gasteiger partial charge in [0.25, 0.3) is 5.91 Å². The fraction of sp³-hybridized carbons (Fsp3) is 0.417. The Morgan fingerprint density at radius 2 is 2.38 bits per heavy atom. The highest BCUT2D eigenvalue weighted by molar-refractivity contribution is 9.11. The lowest BCUT2D eigenvalue weighted by atomic mass is 9.94. The van der Waals surface area contributed by atoms with Gasteiger partial charge in [-0.15, -0.1) is 11.3 Å². The molecule has 4 heteroatoms. The molecule has 0 saturated carbocycles. The number of hydrogen-bond donors (Lipinski definition) is 1. The van der Waals surface area contributed by atoms with Crippen molar-refractivity contribution >= 4 is 33.2 Å². The number of carbonyl (C=O) groups is 1. The quantitative estimate of drug-likeness (QED) is 0.849. The Morgan fingerprint density at radius 3 is 3.00 bits per heavy atom. The predicted molar refractivity (Wildman–Crippen MR) is 70.8 cm³/mol. The van der Waals surface area contributed by atoms with Crippen molar-refractivity contribution in [2.45, 2.75) is 19.3 Å². The molecular weight excluding hydrogens is 286 g/mol. The molecule has 2 rings (SSSR count). The van der Waals surface area contributed by atoms with E-state index in [1.165, 1.54) is 17.8 Å². The van der Waals surface area contributed by atoms with Crippen molar-refractivity contribution in [3.8, 4) is 0 Å². The van der Waals surface area contributed by atoms with Gasteiger partial charge in [0.1, 0.15) is 0 Å². The average Bonchev–Trinajstić information content (AvgIpc) is 2.74. The van der Waals surface area contributed by atoms with Crippen LogP contribution in [0.2, 0.25) is 0 Å². The molecule has 86 valence electrons. The van der Waals surface area contributed by atoms with Gasteiger partial charge in [0.15, 0.2) is 0 Å². The van der Waals surface area contributed by atoms with Gasteiger partial charge in [-0.2, -0.15) is 0 Å². The smallest absolute Gasteiger partial charge is 0.261 e. The van der Waals surface area contributed by atoms with Crippen LogP contribution in [0.1, 0.15) is 28.9 Å². The Kier molecular flexibility index (Phi) is 4.18. The first-order chi connectivity index (χ1) is 7.75. The molecule has 0 spiro atoms. The molecule has 1 aliphatic carbocycles. The summed E-state index contributed by atoms with van der Waals surface area (Å²) in [6.45, 7) is 0.790. The highest BCUT2D eigenvalue weighted by atomic mass is 79.9. The van der Waals surface area contributed by atoms with Crippen molar-refractivity contribution in [1.29, 1.82) is 0 Å². The third-order valence-corrected chi connectivity index (χ3v) is 4.35. The second-order valence-corrected chi connectivity index (χ2v) is 6.43. The third kappa shape index (κ3) is 3.19. The molecule has 2 nitrogen and oxygen atoms in total. The van der Waals surface area contributed by atoms with Gasteiger partial charge < -0.3 is 5.32 Å². The molecule has 0 fully saturated rings. The second-order valence-electron chi connectivity index (χ2n) is 3.96. The Bertz CT molecular complexity index is 399. The van der Waals surface area contributed by atoms with E-state index in [0.29, 0.717) is 5.92 Å². The molecule has 0 aromatic carbocycles. The first kappa shape index (κ1) is 11.9. The number of halogens is 1. The maximum absolute atomic E-state index is 11.8. The fourth-order valence-corrected chi connectivity index (χ4v) is 3.10. The van der Waals surface area contributed by atoms with Gasteiger partial charge in [-0.05, 0) is 53.2 Å². The Balaban J connectivity index is 1.81. The van der Waals surface area contributed by atoms with Crippen molar-refractivity contribution in [3.05, 3.63) is 32.9 Å². The molecule has 1 aliphatic rings. The lowest BCUT2D eigenvalue weighted by Crippen LogP contribution is -2.29. The molecule has 0 aliphatic heterocycles. The molecule has 16 heavy (non-hydrogen) atoms. The van der Waals surface area contributed by atoms with E-state index in [-0.39, 0.29) is 5.91 Å². The van der Waals surface area contributed by atoms with E-state index in [1.807, 2.05) is 12.1 Å². The van der Waals surface area contributed by atoms with Crippen LogP contribution in [0, 0.1) is 5.92 Å². The minimum Gasteiger partial charge on any atom is -0.351 e. The number of nitrogens with one attached hydrogen (secondary N) is 1. The summed E-state index contributed by atoms with van der Waals surface area (Å²) in [6, 6.07) is 3.76. The molecule has 1 amide bonds. The lowest BCUT2D eigenvalue weighted by molar-refractivity contribution is 0.0950. The van der Waals surface area contributed by atoms with E-state index in [4.69, 9.17) is 0 Å². The van der Waals surface area contributed by atoms with Crippen LogP contribution in [0.25, 0.3) is 0 Å². The zero-order valence-electron chi connectivity index (χ0n) is 8.91. The number of amides is 1. The van der Waals surface area contributed by atoms with Crippen LogP contribution in [0.4, 0.5) is 0 Å². The van der Waals surface area contributed by atoms with Crippen molar-refractivity contribution in [1.82, 2.24) is 5.32 Å². The Labute approximate surface area is 108 Å². The number of carbonyl (C=O) groups excluding carboxylic acids is 1. The standard InChI is InChI=1S/C12H14BrNOS/c13-11-7-6-10(16-11)12(15)14-8-9-4-2-1-3-5-9/h1-2,6-7,9H,3-5,8H2,(H,14,15). The van der Waals surface area contributed by atoms with Crippen LogP contribution in [0.5, 0.6) is 0 Å². The van der Waals surface area contributed by atoms with Gasteiger partial charge in [-0.1, -0.05) is 12.2 Å². The van der Waals surface area contributed by atoms with Gasteiger partial charge in [0.2, 0.25) is 0 Å². The summed E-state index contributed by atoms with van der Waals surface area (Å²) in [5.74, 6) is 0.655. The number of allylic oxidation sites excluding steroid dienone is 2. The van der Waals surface area contributed by atoms with E-state index in [2.05, 4.69) is 33.4 Å². The van der Waals surface area contributed by atoms with Gasteiger partial charge in [-0.3, -0.25) is 4.79 Å². The lowest BCUT2D eigenvalue weighted by Gasteiger charge is -2.17. The second kappa shape index (κ2) is 5.64. The van der Waals surface area contributed by atoms with Gasteiger partial charge in [0.05, 0.1) is 8.66 Å². The summed E-state index contributed by atoms with van der Waals surface area (Å²) >= 11 is 4.83. The average molecular weight is 300 g/mol. The van der Waals surface area contributed by atoms with E-state index >= 15 is 0 Å². The van der Waals surface area contributed by atoms with Crippen LogP contribution >= 0.6 is 27.3 Å². The molecule has 1 N–H and O–H groups in total. The summed E-state index contributed by atoms with van der Waals surface area (Å²) in [5.41, 5.74) is 0. The zero-order chi connectivity index (χ0) is 11.4. The van der Waals surface area contributed by atoms with Crippen molar-refractivity contribution in [3.63, 3.8) is 0 Å². The zero-order valence-corrected chi connectivity index (χ0v) is 11.3. The topological polar surface area (TPSA) is 29.1 Å². The van der Waals surface area contributed by atoms with E-state index in [9.17, 15) is 4.79 Å². The summed E-state index contributed by atoms with van der Waals surface area (Å²) in [4.78, 5) is 12.5. The molecule has 1 atom stereocenters. The molecule has 1 heterocycles. The van der Waals surface area contributed by atoms with Crippen LogP contribution < -0.4 is 5.32 Å². The number of thiophene rings is 1. The first-order valence-electron chi connectivity index (χ1n) is 5.44. The summed E-state index contributed by atoms with van der Waals surface area (Å²) < 4.78 is 0.998. The molecule has 1 unspecified atom stereocenters. The maximum Gasteiger partial charge on any atom is 0.261 e. The minimum atomic E-state index is 0.0465. The van der Waals surface area contributed by atoms with Crippen LogP contribution in [-0.4, -0.2) is 12.5 Å². The van der Waals surface area contributed by atoms with Gasteiger partial charge >= 0.3 is 0 Å². The largest absolute Gasteiger partial charge is 0.351 e. The van der Waals surface area contributed by atoms with Crippen molar-refractivity contribution < 1.29 is 4.79 Å². The third-order valence-electron chi connectivity index (χ3n) is 2.73. The molecule has 0 bridgehead atoms. The molecule has 1 aromatic rings. The predicted octanol–water partition coefficient (Wildman–Crippen LogP) is 3.60. The summed E-state index contributed by atoms with van der Waals surface area (Å²) in [7, 11) is 0. The normalized spacial score (nSPS) is 19.7. The van der Waals surface area contributed by atoms with Crippen molar-refractivity contribution in [2.24, 2.45) is 5.92 Å². The highest BCUT2D eigenvalue weighted by Crippen LogP contribution is 2.22. The first-order valence-corrected chi connectivity index (χ1v) is 7.05. The molecule has 0 saturated heterocycles. The van der Waals surface area contributed by atoms with Gasteiger partial charge in [-0.25, -0.2) is 0 Å². The van der Waals surface area contributed by atoms with E-state index in [1.54, 1.807) is 0 Å². The monoisotopic (exact) mass is 299 g/mol. The van der Waals surface area contributed by atoms with Gasteiger partial charge in [0, 0.05) is 6.54 Å². The maximum atomic E-state index is 11.8. The Hall–Kier alpha value is -0.610. The SMILES string of the molecule is O=C(NCC1CC=CCC1)c1ccc(Br)s1. The van der Waals surface area contributed by atoms with Crippen LogP contribution in [0.15, 0.2) is 28.1 Å². The minimum absolute atomic E-state index is 0.0465. The number of rotatable bonds is 3. The van der Waals surface area contributed by atoms with Crippen LogP contribution in [-0.2, 0) is 0 Å². The summed E-state index contributed by atoms with van der Waals surface area (Å²) in [5, 5.41) is 3.00. The summed E-state index contributed by atoms with van der Waals surface area (Å²) in [6.07, 6.45) is 7.85. The Morgan fingerprint density at radius 1 is 1.50 bits per heavy atom. The fourth-order valence-electron chi connectivity index (χ4n) is 1.80. The highest BCUT2D eigenvalue weighted by Gasteiger charge is 2.13. The van der Waals surface area contributed by atoms with Crippen LogP contribution in [0.3, 0.4) is 0 Å². The van der Waals surface area contributed by atoms with Crippen molar-refractivity contribution in [2.75, 3.05) is 6.54 Å². The molecular formula is C12H14BrNOS.